The number of hydrogen-bond donors (Lipinski definition) is 0. The third-order valence-corrected chi connectivity index (χ3v) is 5.56. The number of carbonyl (C=O) groups excluding carboxylic acids is 2. The molecule has 1 aliphatic heterocycles. The van der Waals surface area contributed by atoms with Crippen molar-refractivity contribution in [3.63, 3.8) is 0 Å². The van der Waals surface area contributed by atoms with Crippen molar-refractivity contribution in [2.75, 3.05) is 4.90 Å². The van der Waals surface area contributed by atoms with Crippen LogP contribution in [0.5, 0.6) is 0 Å². The number of anilines is 1. The highest BCUT2D eigenvalue weighted by atomic mass is 79.9. The van der Waals surface area contributed by atoms with Gasteiger partial charge in [0.15, 0.2) is 0 Å². The Morgan fingerprint density at radius 2 is 1.67 bits per heavy atom. The minimum absolute atomic E-state index is 0.0972. The molecule has 0 saturated carbocycles. The lowest BCUT2D eigenvalue weighted by Crippen LogP contribution is -2.30. The molecule has 7 heteroatoms. The highest BCUT2D eigenvalue weighted by Gasteiger charge is 2.37. The molecule has 30 heavy (non-hydrogen) atoms. The van der Waals surface area contributed by atoms with E-state index in [0.29, 0.717) is 27.7 Å². The standard InChI is InChI=1S/C23H13BrN2O4/c1-12-10-14(24)7-9-19(12)26-21(27)15-8-6-13(11-17(15)22(26)28)20-25-18-5-3-2-4-16(18)23(29)30-20/h2-11H,1H3. The van der Waals surface area contributed by atoms with Crippen LogP contribution >= 0.6 is 15.9 Å². The number of fused-ring (bicyclic) bond motifs is 2. The van der Waals surface area contributed by atoms with Crippen LogP contribution in [0, 0.1) is 6.92 Å². The van der Waals surface area contributed by atoms with Crippen molar-refractivity contribution in [3.05, 3.63) is 92.2 Å². The van der Waals surface area contributed by atoms with Crippen molar-refractivity contribution in [1.29, 1.82) is 0 Å². The topological polar surface area (TPSA) is 80.5 Å². The van der Waals surface area contributed by atoms with Crippen LogP contribution in [0.25, 0.3) is 22.4 Å². The van der Waals surface area contributed by atoms with E-state index in [-0.39, 0.29) is 17.4 Å². The Labute approximate surface area is 178 Å². The van der Waals surface area contributed by atoms with Gasteiger partial charge in [0, 0.05) is 10.0 Å². The largest absolute Gasteiger partial charge is 0.403 e. The predicted octanol–water partition coefficient (Wildman–Crippen LogP) is 4.73. The first-order valence-electron chi connectivity index (χ1n) is 9.13. The van der Waals surface area contributed by atoms with Crippen LogP contribution < -0.4 is 10.5 Å². The number of imide groups is 1. The minimum Gasteiger partial charge on any atom is -0.403 e. The summed E-state index contributed by atoms with van der Waals surface area (Å²) < 4.78 is 6.22. The number of aromatic nitrogens is 1. The van der Waals surface area contributed by atoms with Gasteiger partial charge in [-0.15, -0.1) is 0 Å². The van der Waals surface area contributed by atoms with Crippen molar-refractivity contribution >= 4 is 44.3 Å². The Morgan fingerprint density at radius 3 is 2.47 bits per heavy atom. The number of aryl methyl sites for hydroxylation is 1. The maximum atomic E-state index is 13.1. The van der Waals surface area contributed by atoms with Crippen LogP contribution in [-0.2, 0) is 0 Å². The van der Waals surface area contributed by atoms with Gasteiger partial charge < -0.3 is 4.42 Å². The SMILES string of the molecule is Cc1cc(Br)ccc1N1C(=O)c2ccc(-c3nc4ccccc4c(=O)o3)cc2C1=O. The number of benzene rings is 3. The van der Waals surface area contributed by atoms with Crippen molar-refractivity contribution in [2.45, 2.75) is 6.92 Å². The summed E-state index contributed by atoms with van der Waals surface area (Å²) >= 11 is 3.39. The zero-order valence-corrected chi connectivity index (χ0v) is 17.3. The number of para-hydroxylation sites is 1. The number of nitrogens with zero attached hydrogens (tertiary/aromatic N) is 2. The number of hydrogen-bond acceptors (Lipinski definition) is 5. The molecule has 0 atom stereocenters. The molecular weight excluding hydrogens is 448 g/mol. The Morgan fingerprint density at radius 1 is 0.900 bits per heavy atom. The van der Waals surface area contributed by atoms with Gasteiger partial charge in [0.1, 0.15) is 0 Å². The Bertz CT molecular complexity index is 1440. The van der Waals surface area contributed by atoms with E-state index in [2.05, 4.69) is 20.9 Å². The molecule has 0 spiro atoms. The fourth-order valence-electron chi connectivity index (χ4n) is 3.60. The van der Waals surface area contributed by atoms with Crippen molar-refractivity contribution in [1.82, 2.24) is 4.98 Å². The predicted molar refractivity (Wildman–Crippen MR) is 116 cm³/mol. The molecule has 3 aromatic carbocycles. The van der Waals surface area contributed by atoms with Crippen molar-refractivity contribution in [2.24, 2.45) is 0 Å². The molecule has 0 unspecified atom stereocenters. The summed E-state index contributed by atoms with van der Waals surface area (Å²) in [6.07, 6.45) is 0. The van der Waals surface area contributed by atoms with Gasteiger partial charge in [0.05, 0.1) is 27.7 Å². The van der Waals surface area contributed by atoms with E-state index in [9.17, 15) is 14.4 Å². The fraction of sp³-hybridized carbons (Fsp3) is 0.0435. The van der Waals surface area contributed by atoms with E-state index in [1.807, 2.05) is 13.0 Å². The Hall–Kier alpha value is -3.58. The van der Waals surface area contributed by atoms with Crippen LogP contribution in [0.15, 0.2) is 74.3 Å². The maximum absolute atomic E-state index is 13.1. The molecule has 0 aliphatic carbocycles. The molecule has 0 N–H and O–H groups in total. The molecule has 0 saturated heterocycles. The molecule has 146 valence electrons. The third-order valence-electron chi connectivity index (χ3n) is 5.07. The van der Waals surface area contributed by atoms with Gasteiger partial charge in [-0.05, 0) is 61.0 Å². The van der Waals surface area contributed by atoms with Crippen LogP contribution in [0.2, 0.25) is 0 Å². The highest BCUT2D eigenvalue weighted by Crippen LogP contribution is 2.33. The van der Waals surface area contributed by atoms with Gasteiger partial charge in [-0.1, -0.05) is 28.1 Å². The molecule has 2 heterocycles. The second-order valence-electron chi connectivity index (χ2n) is 6.96. The summed E-state index contributed by atoms with van der Waals surface area (Å²) in [5.74, 6) is -0.717. The van der Waals surface area contributed by atoms with E-state index in [4.69, 9.17) is 4.42 Å². The van der Waals surface area contributed by atoms with E-state index < -0.39 is 11.5 Å². The van der Waals surface area contributed by atoms with Crippen molar-refractivity contribution < 1.29 is 14.0 Å². The van der Waals surface area contributed by atoms with Gasteiger partial charge in [0.2, 0.25) is 5.89 Å². The molecule has 5 rings (SSSR count). The molecule has 6 nitrogen and oxygen atoms in total. The van der Waals surface area contributed by atoms with Gasteiger partial charge >= 0.3 is 5.63 Å². The third kappa shape index (κ3) is 2.78. The molecule has 1 aliphatic rings. The lowest BCUT2D eigenvalue weighted by atomic mass is 10.1. The lowest BCUT2D eigenvalue weighted by molar-refractivity contribution is 0.0926. The molecule has 4 aromatic rings. The molecular formula is C23H13BrN2O4. The van der Waals surface area contributed by atoms with Crippen LogP contribution in [0.4, 0.5) is 5.69 Å². The van der Waals surface area contributed by atoms with E-state index in [1.165, 1.54) is 4.90 Å². The van der Waals surface area contributed by atoms with E-state index in [0.717, 1.165) is 10.0 Å². The van der Waals surface area contributed by atoms with Crippen molar-refractivity contribution in [3.8, 4) is 11.5 Å². The van der Waals surface area contributed by atoms with Crippen LogP contribution in [0.1, 0.15) is 26.3 Å². The summed E-state index contributed by atoms with van der Waals surface area (Å²) in [6.45, 7) is 1.84. The highest BCUT2D eigenvalue weighted by molar-refractivity contribution is 9.10. The molecule has 0 bridgehead atoms. The maximum Gasteiger partial charge on any atom is 0.347 e. The quantitative estimate of drug-likeness (QED) is 0.404. The molecule has 2 amide bonds. The van der Waals surface area contributed by atoms with Gasteiger partial charge in [0.25, 0.3) is 11.8 Å². The molecule has 0 radical (unpaired) electrons. The summed E-state index contributed by atoms with van der Waals surface area (Å²) in [7, 11) is 0. The first-order chi connectivity index (χ1) is 14.4. The zero-order chi connectivity index (χ0) is 21.0. The van der Waals surface area contributed by atoms with E-state index in [1.54, 1.807) is 54.6 Å². The Balaban J connectivity index is 1.61. The lowest BCUT2D eigenvalue weighted by Gasteiger charge is -2.16. The smallest absolute Gasteiger partial charge is 0.347 e. The second kappa shape index (κ2) is 6.74. The number of amides is 2. The van der Waals surface area contributed by atoms with Gasteiger partial charge in [-0.3, -0.25) is 9.59 Å². The fourth-order valence-corrected chi connectivity index (χ4v) is 4.08. The average Bonchev–Trinajstić information content (AvgIpc) is 2.98. The van der Waals surface area contributed by atoms with Crippen LogP contribution in [0.3, 0.4) is 0 Å². The normalized spacial score (nSPS) is 13.2. The van der Waals surface area contributed by atoms with Gasteiger partial charge in [-0.25, -0.2) is 14.7 Å². The molecule has 0 fully saturated rings. The number of rotatable bonds is 2. The van der Waals surface area contributed by atoms with Crippen LogP contribution in [-0.4, -0.2) is 16.8 Å². The zero-order valence-electron chi connectivity index (χ0n) is 15.7. The second-order valence-corrected chi connectivity index (χ2v) is 7.88. The van der Waals surface area contributed by atoms with Gasteiger partial charge in [-0.2, -0.15) is 0 Å². The first-order valence-corrected chi connectivity index (χ1v) is 9.92. The first kappa shape index (κ1) is 18.4. The van der Waals surface area contributed by atoms with E-state index >= 15 is 0 Å². The average molecular weight is 461 g/mol. The number of carbonyl (C=O) groups is 2. The minimum atomic E-state index is -0.509. The summed E-state index contributed by atoms with van der Waals surface area (Å²) in [5, 5.41) is 0.380. The summed E-state index contributed by atoms with van der Waals surface area (Å²) in [4.78, 5) is 43.9. The summed E-state index contributed by atoms with van der Waals surface area (Å²) in [5.41, 5.74) is 2.31. The monoisotopic (exact) mass is 460 g/mol. The Kier molecular flexibility index (Phi) is 4.15. The molecule has 1 aromatic heterocycles. The number of halogens is 1. The summed E-state index contributed by atoms with van der Waals surface area (Å²) in [6, 6.07) is 17.0.